The van der Waals surface area contributed by atoms with Crippen molar-refractivity contribution < 1.29 is 9.90 Å². The molecule has 1 unspecified atom stereocenters. The van der Waals surface area contributed by atoms with E-state index >= 15 is 0 Å². The number of rotatable bonds is 3. The SMILES string of the molecule is Cc1cccc(NC(=O)CN2CCC(O)C2)c1C. The van der Waals surface area contributed by atoms with Crippen molar-refractivity contribution in [3.63, 3.8) is 0 Å². The predicted octanol–water partition coefficient (Wildman–Crippen LogP) is 1.31. The van der Waals surface area contributed by atoms with Crippen molar-refractivity contribution in [2.45, 2.75) is 26.4 Å². The fourth-order valence-corrected chi connectivity index (χ4v) is 2.24. The molecular weight excluding hydrogens is 228 g/mol. The van der Waals surface area contributed by atoms with Crippen molar-refractivity contribution in [2.24, 2.45) is 0 Å². The summed E-state index contributed by atoms with van der Waals surface area (Å²) < 4.78 is 0. The van der Waals surface area contributed by atoms with Crippen LogP contribution in [0.25, 0.3) is 0 Å². The molecule has 1 aromatic rings. The Balaban J connectivity index is 1.93. The van der Waals surface area contributed by atoms with Gasteiger partial charge in [-0.15, -0.1) is 0 Å². The van der Waals surface area contributed by atoms with Gasteiger partial charge in [0.05, 0.1) is 12.6 Å². The Morgan fingerprint density at radius 2 is 2.28 bits per heavy atom. The van der Waals surface area contributed by atoms with Gasteiger partial charge in [-0.1, -0.05) is 12.1 Å². The summed E-state index contributed by atoms with van der Waals surface area (Å²) >= 11 is 0. The van der Waals surface area contributed by atoms with Gasteiger partial charge in [0.15, 0.2) is 0 Å². The number of aliphatic hydroxyl groups excluding tert-OH is 1. The van der Waals surface area contributed by atoms with Crippen LogP contribution in [0.4, 0.5) is 5.69 Å². The van der Waals surface area contributed by atoms with Crippen molar-refractivity contribution >= 4 is 11.6 Å². The molecule has 2 rings (SSSR count). The van der Waals surface area contributed by atoms with Gasteiger partial charge in [-0.2, -0.15) is 0 Å². The maximum absolute atomic E-state index is 11.9. The molecule has 1 saturated heterocycles. The van der Waals surface area contributed by atoms with Crippen LogP contribution < -0.4 is 5.32 Å². The zero-order valence-electron chi connectivity index (χ0n) is 10.9. The van der Waals surface area contributed by atoms with Crippen LogP contribution in [-0.4, -0.2) is 41.7 Å². The number of β-amino-alcohol motifs (C(OH)–C–C–N with tert-alkyl or cyclic N) is 1. The molecule has 0 saturated carbocycles. The Hall–Kier alpha value is -1.39. The number of hydrogen-bond donors (Lipinski definition) is 2. The van der Waals surface area contributed by atoms with E-state index in [0.717, 1.165) is 24.2 Å². The molecule has 0 radical (unpaired) electrons. The first-order valence-corrected chi connectivity index (χ1v) is 6.33. The van der Waals surface area contributed by atoms with E-state index in [-0.39, 0.29) is 12.0 Å². The number of aryl methyl sites for hydroxylation is 1. The van der Waals surface area contributed by atoms with Crippen LogP contribution in [0.2, 0.25) is 0 Å². The van der Waals surface area contributed by atoms with Crippen molar-refractivity contribution in [1.82, 2.24) is 4.90 Å². The zero-order valence-corrected chi connectivity index (χ0v) is 10.9. The summed E-state index contributed by atoms with van der Waals surface area (Å²) in [6.45, 7) is 5.78. The number of amides is 1. The van der Waals surface area contributed by atoms with E-state index in [1.807, 2.05) is 36.9 Å². The summed E-state index contributed by atoms with van der Waals surface area (Å²) in [5, 5.41) is 12.3. The lowest BCUT2D eigenvalue weighted by molar-refractivity contribution is -0.117. The number of hydrogen-bond acceptors (Lipinski definition) is 3. The third kappa shape index (κ3) is 3.09. The highest BCUT2D eigenvalue weighted by Crippen LogP contribution is 2.18. The second-order valence-electron chi connectivity index (χ2n) is 4.97. The number of carbonyl (C=O) groups excluding carboxylic acids is 1. The maximum Gasteiger partial charge on any atom is 0.238 e. The zero-order chi connectivity index (χ0) is 13.1. The second kappa shape index (κ2) is 5.50. The van der Waals surface area contributed by atoms with E-state index in [1.54, 1.807) is 0 Å². The third-order valence-corrected chi connectivity index (χ3v) is 3.49. The number of aliphatic hydroxyl groups is 1. The summed E-state index contributed by atoms with van der Waals surface area (Å²) in [5.41, 5.74) is 3.15. The standard InChI is InChI=1S/C14H20N2O2/c1-10-4-3-5-13(11(10)2)15-14(18)9-16-7-6-12(17)8-16/h3-5,12,17H,6-9H2,1-2H3,(H,15,18). The quantitative estimate of drug-likeness (QED) is 0.848. The van der Waals surface area contributed by atoms with Crippen molar-refractivity contribution in [2.75, 3.05) is 25.0 Å². The molecule has 1 heterocycles. The van der Waals surface area contributed by atoms with Gasteiger partial charge in [0.25, 0.3) is 0 Å². The lowest BCUT2D eigenvalue weighted by atomic mass is 10.1. The molecule has 0 bridgehead atoms. The minimum atomic E-state index is -0.279. The molecule has 4 nitrogen and oxygen atoms in total. The number of benzene rings is 1. The van der Waals surface area contributed by atoms with Gasteiger partial charge in [0.1, 0.15) is 0 Å². The lowest BCUT2D eigenvalue weighted by Crippen LogP contribution is -2.32. The fraction of sp³-hybridized carbons (Fsp3) is 0.500. The van der Waals surface area contributed by atoms with Crippen molar-refractivity contribution in [1.29, 1.82) is 0 Å². The molecular formula is C14H20N2O2. The summed E-state index contributed by atoms with van der Waals surface area (Å²) in [7, 11) is 0. The predicted molar refractivity (Wildman–Crippen MR) is 71.6 cm³/mol. The monoisotopic (exact) mass is 248 g/mol. The first-order valence-electron chi connectivity index (χ1n) is 6.33. The van der Waals surface area contributed by atoms with Gasteiger partial charge in [0, 0.05) is 18.8 Å². The first kappa shape index (κ1) is 13.1. The highest BCUT2D eigenvalue weighted by molar-refractivity contribution is 5.93. The topological polar surface area (TPSA) is 52.6 Å². The van der Waals surface area contributed by atoms with Gasteiger partial charge in [-0.25, -0.2) is 0 Å². The van der Waals surface area contributed by atoms with E-state index < -0.39 is 0 Å². The molecule has 1 aliphatic heterocycles. The van der Waals surface area contributed by atoms with Gasteiger partial charge in [-0.3, -0.25) is 9.69 Å². The average Bonchev–Trinajstić information content (AvgIpc) is 2.70. The number of likely N-dealkylation sites (tertiary alicyclic amines) is 1. The molecule has 1 aliphatic rings. The summed E-state index contributed by atoms with van der Waals surface area (Å²) in [5.74, 6) is -0.0159. The fourth-order valence-electron chi connectivity index (χ4n) is 2.24. The summed E-state index contributed by atoms with van der Waals surface area (Å²) in [6.07, 6.45) is 0.482. The molecule has 1 aromatic carbocycles. The van der Waals surface area contributed by atoms with Crippen molar-refractivity contribution in [3.05, 3.63) is 29.3 Å². The Kier molecular flexibility index (Phi) is 3.99. The largest absolute Gasteiger partial charge is 0.392 e. The van der Waals surface area contributed by atoms with Crippen LogP contribution in [0.1, 0.15) is 17.5 Å². The van der Waals surface area contributed by atoms with E-state index in [1.165, 1.54) is 5.56 Å². The number of nitrogens with zero attached hydrogens (tertiary/aromatic N) is 1. The van der Waals surface area contributed by atoms with Crippen LogP contribution in [-0.2, 0) is 4.79 Å². The molecule has 2 N–H and O–H groups in total. The highest BCUT2D eigenvalue weighted by Gasteiger charge is 2.22. The minimum Gasteiger partial charge on any atom is -0.392 e. The lowest BCUT2D eigenvalue weighted by Gasteiger charge is -2.15. The van der Waals surface area contributed by atoms with Gasteiger partial charge < -0.3 is 10.4 Å². The van der Waals surface area contributed by atoms with E-state index in [4.69, 9.17) is 0 Å². The normalized spacial score (nSPS) is 20.1. The summed E-state index contributed by atoms with van der Waals surface area (Å²) in [6, 6.07) is 5.89. The van der Waals surface area contributed by atoms with Gasteiger partial charge in [0.2, 0.25) is 5.91 Å². The van der Waals surface area contributed by atoms with Crippen LogP contribution in [0, 0.1) is 13.8 Å². The van der Waals surface area contributed by atoms with Gasteiger partial charge >= 0.3 is 0 Å². The smallest absolute Gasteiger partial charge is 0.238 e. The molecule has 98 valence electrons. The highest BCUT2D eigenvalue weighted by atomic mass is 16.3. The molecule has 1 atom stereocenters. The average molecular weight is 248 g/mol. The first-order chi connectivity index (χ1) is 8.56. The third-order valence-electron chi connectivity index (χ3n) is 3.49. The van der Waals surface area contributed by atoms with Gasteiger partial charge in [-0.05, 0) is 37.5 Å². The van der Waals surface area contributed by atoms with Crippen LogP contribution in [0.5, 0.6) is 0 Å². The van der Waals surface area contributed by atoms with Crippen LogP contribution >= 0.6 is 0 Å². The molecule has 0 spiro atoms. The van der Waals surface area contributed by atoms with E-state index in [2.05, 4.69) is 5.32 Å². The number of anilines is 1. The van der Waals surface area contributed by atoms with E-state index in [9.17, 15) is 9.90 Å². The molecule has 4 heteroatoms. The Bertz CT molecular complexity index is 445. The Morgan fingerprint density at radius 1 is 1.50 bits per heavy atom. The Morgan fingerprint density at radius 3 is 2.94 bits per heavy atom. The van der Waals surface area contributed by atoms with Crippen LogP contribution in [0.3, 0.4) is 0 Å². The molecule has 18 heavy (non-hydrogen) atoms. The summed E-state index contributed by atoms with van der Waals surface area (Å²) in [4.78, 5) is 13.9. The molecule has 1 fully saturated rings. The molecule has 1 amide bonds. The second-order valence-corrected chi connectivity index (χ2v) is 4.97. The van der Waals surface area contributed by atoms with Crippen LogP contribution in [0.15, 0.2) is 18.2 Å². The Labute approximate surface area is 108 Å². The minimum absolute atomic E-state index is 0.0159. The molecule has 0 aromatic heterocycles. The number of nitrogens with one attached hydrogen (secondary N) is 1. The van der Waals surface area contributed by atoms with E-state index in [0.29, 0.717) is 13.1 Å². The number of carbonyl (C=O) groups is 1. The molecule has 0 aliphatic carbocycles. The van der Waals surface area contributed by atoms with Crippen molar-refractivity contribution in [3.8, 4) is 0 Å². The maximum atomic E-state index is 11.9.